The molecule has 2 N–H and O–H groups in total. The number of nitrogens with one attached hydrogen (secondary N) is 2. The lowest BCUT2D eigenvalue weighted by Crippen LogP contribution is -2.60. The van der Waals surface area contributed by atoms with Crippen molar-refractivity contribution in [1.82, 2.24) is 20.5 Å². The second-order valence-corrected chi connectivity index (χ2v) is 8.71. The maximum atomic E-state index is 5.59. The summed E-state index contributed by atoms with van der Waals surface area (Å²) >= 11 is 1.77. The van der Waals surface area contributed by atoms with E-state index in [-0.39, 0.29) is 29.5 Å². The number of thiazole rings is 1. The van der Waals surface area contributed by atoms with E-state index in [0.29, 0.717) is 6.54 Å². The van der Waals surface area contributed by atoms with Crippen molar-refractivity contribution in [3.63, 3.8) is 0 Å². The minimum absolute atomic E-state index is 0. The Morgan fingerprint density at radius 3 is 2.61 bits per heavy atom. The molecule has 2 fully saturated rings. The number of guanidine groups is 1. The van der Waals surface area contributed by atoms with E-state index in [2.05, 4.69) is 34.4 Å². The first kappa shape index (κ1) is 23.8. The molecular weight excluding hydrogens is 485 g/mol. The van der Waals surface area contributed by atoms with Gasteiger partial charge in [0.2, 0.25) is 0 Å². The van der Waals surface area contributed by atoms with Crippen LogP contribution < -0.4 is 10.6 Å². The number of rotatable bonds is 7. The zero-order valence-electron chi connectivity index (χ0n) is 17.3. The largest absolute Gasteiger partial charge is 0.379 e. The Bertz CT molecular complexity index is 597. The summed E-state index contributed by atoms with van der Waals surface area (Å²) in [5, 5.41) is 8.15. The van der Waals surface area contributed by atoms with Gasteiger partial charge in [0.1, 0.15) is 5.01 Å². The van der Waals surface area contributed by atoms with Crippen molar-refractivity contribution in [3.8, 4) is 0 Å². The Morgan fingerprint density at radius 1 is 1.21 bits per heavy atom. The Morgan fingerprint density at radius 2 is 1.96 bits per heavy atom. The molecule has 2 aliphatic rings. The van der Waals surface area contributed by atoms with Crippen LogP contribution in [-0.2, 0) is 17.7 Å². The summed E-state index contributed by atoms with van der Waals surface area (Å²) < 4.78 is 5.59. The molecule has 1 aliphatic carbocycles. The van der Waals surface area contributed by atoms with Crippen molar-refractivity contribution in [3.05, 3.63) is 16.1 Å². The molecule has 1 saturated heterocycles. The van der Waals surface area contributed by atoms with Gasteiger partial charge in [-0.05, 0) is 26.2 Å². The van der Waals surface area contributed by atoms with E-state index in [1.807, 2.05) is 6.20 Å². The van der Waals surface area contributed by atoms with Crippen molar-refractivity contribution in [2.24, 2.45) is 4.99 Å². The molecule has 0 unspecified atom stereocenters. The maximum Gasteiger partial charge on any atom is 0.191 e. The van der Waals surface area contributed by atoms with Gasteiger partial charge in [-0.2, -0.15) is 0 Å². The standard InChI is InChI=1S/C20H35N5OS.HI/c1-3-17-14-22-18(27-17)15-23-19(21-4-2)24-16-20(8-6-5-7-9-20)25-10-12-26-13-11-25;/h14H,3-13,15-16H2,1-2H3,(H2,21,23,24);1H. The van der Waals surface area contributed by atoms with Crippen LogP contribution in [0.4, 0.5) is 0 Å². The first-order chi connectivity index (χ1) is 13.3. The monoisotopic (exact) mass is 521 g/mol. The molecular formula is C20H36IN5OS. The van der Waals surface area contributed by atoms with Crippen LogP contribution in [0.3, 0.4) is 0 Å². The number of aliphatic imine (C=N–C) groups is 1. The van der Waals surface area contributed by atoms with Gasteiger partial charge >= 0.3 is 0 Å². The Labute approximate surface area is 190 Å². The highest BCUT2D eigenvalue weighted by molar-refractivity contribution is 14.0. The number of hydrogen-bond donors (Lipinski definition) is 2. The minimum Gasteiger partial charge on any atom is -0.379 e. The predicted octanol–water partition coefficient (Wildman–Crippen LogP) is 3.41. The number of nitrogens with zero attached hydrogens (tertiary/aromatic N) is 3. The molecule has 1 aromatic rings. The van der Waals surface area contributed by atoms with Gasteiger partial charge in [-0.3, -0.25) is 4.90 Å². The summed E-state index contributed by atoms with van der Waals surface area (Å²) in [5.74, 6) is 0.906. The van der Waals surface area contributed by atoms with Gasteiger partial charge in [-0.1, -0.05) is 26.2 Å². The molecule has 6 nitrogen and oxygen atoms in total. The average molecular weight is 522 g/mol. The fraction of sp³-hybridized carbons (Fsp3) is 0.800. The van der Waals surface area contributed by atoms with Crippen LogP contribution >= 0.6 is 35.3 Å². The van der Waals surface area contributed by atoms with E-state index < -0.39 is 0 Å². The third-order valence-corrected chi connectivity index (χ3v) is 6.84. The smallest absolute Gasteiger partial charge is 0.191 e. The van der Waals surface area contributed by atoms with E-state index in [0.717, 1.165) is 56.8 Å². The van der Waals surface area contributed by atoms with Gasteiger partial charge in [-0.15, -0.1) is 35.3 Å². The lowest BCUT2D eigenvalue weighted by molar-refractivity contribution is -0.0352. The van der Waals surface area contributed by atoms with Gasteiger partial charge in [0.15, 0.2) is 5.96 Å². The van der Waals surface area contributed by atoms with E-state index in [9.17, 15) is 0 Å². The summed E-state index contributed by atoms with van der Waals surface area (Å²) in [6.45, 7) is 10.6. The predicted molar refractivity (Wildman–Crippen MR) is 128 cm³/mol. The highest BCUT2D eigenvalue weighted by Crippen LogP contribution is 2.33. The molecule has 0 radical (unpaired) electrons. The zero-order chi connectivity index (χ0) is 19.0. The molecule has 0 spiro atoms. The SMILES string of the molecule is CCNC(=NCc1ncc(CC)s1)NCC1(N2CCOCC2)CCCCC1.I. The summed E-state index contributed by atoms with van der Waals surface area (Å²) in [6, 6.07) is 0. The number of morpholine rings is 1. The van der Waals surface area contributed by atoms with Crippen molar-refractivity contribution < 1.29 is 4.74 Å². The minimum atomic E-state index is 0. The molecule has 0 aromatic carbocycles. The van der Waals surface area contributed by atoms with Crippen LogP contribution in [0.25, 0.3) is 0 Å². The topological polar surface area (TPSA) is 61.8 Å². The van der Waals surface area contributed by atoms with Gasteiger partial charge in [0, 0.05) is 42.8 Å². The molecule has 0 amide bonds. The lowest BCUT2D eigenvalue weighted by Gasteiger charge is -2.48. The third-order valence-electron chi connectivity index (χ3n) is 5.72. The van der Waals surface area contributed by atoms with E-state index in [1.54, 1.807) is 11.3 Å². The Balaban J connectivity index is 0.00000280. The first-order valence-corrected chi connectivity index (χ1v) is 11.4. The number of aryl methyl sites for hydroxylation is 1. The lowest BCUT2D eigenvalue weighted by atomic mass is 9.80. The molecule has 0 atom stereocenters. The molecule has 28 heavy (non-hydrogen) atoms. The van der Waals surface area contributed by atoms with E-state index in [4.69, 9.17) is 9.73 Å². The molecule has 160 valence electrons. The summed E-state index contributed by atoms with van der Waals surface area (Å²) in [5.41, 5.74) is 0.245. The Hall–Kier alpha value is -0.450. The quantitative estimate of drug-likeness (QED) is 0.327. The summed E-state index contributed by atoms with van der Waals surface area (Å²) in [6.07, 6.45) is 9.58. The fourth-order valence-electron chi connectivity index (χ4n) is 4.17. The second kappa shape index (κ2) is 12.3. The van der Waals surface area contributed by atoms with Crippen molar-refractivity contribution >= 4 is 41.3 Å². The van der Waals surface area contributed by atoms with Crippen LogP contribution in [0.1, 0.15) is 55.8 Å². The summed E-state index contributed by atoms with van der Waals surface area (Å²) in [4.78, 5) is 13.3. The van der Waals surface area contributed by atoms with Crippen LogP contribution in [0, 0.1) is 0 Å². The first-order valence-electron chi connectivity index (χ1n) is 10.5. The molecule has 3 rings (SSSR count). The average Bonchev–Trinajstić information content (AvgIpc) is 3.19. The summed E-state index contributed by atoms with van der Waals surface area (Å²) in [7, 11) is 0. The van der Waals surface area contributed by atoms with Crippen molar-refractivity contribution in [1.29, 1.82) is 0 Å². The van der Waals surface area contributed by atoms with Crippen LogP contribution in [-0.4, -0.2) is 60.8 Å². The van der Waals surface area contributed by atoms with E-state index >= 15 is 0 Å². The molecule has 8 heteroatoms. The van der Waals surface area contributed by atoms with Gasteiger partial charge in [0.25, 0.3) is 0 Å². The maximum absolute atomic E-state index is 5.59. The molecule has 0 bridgehead atoms. The van der Waals surface area contributed by atoms with Crippen LogP contribution in [0.2, 0.25) is 0 Å². The van der Waals surface area contributed by atoms with Gasteiger partial charge in [-0.25, -0.2) is 9.98 Å². The molecule has 1 aromatic heterocycles. The number of halogens is 1. The highest BCUT2D eigenvalue weighted by Gasteiger charge is 2.38. The van der Waals surface area contributed by atoms with Crippen molar-refractivity contribution in [2.45, 2.75) is 64.5 Å². The van der Waals surface area contributed by atoms with Crippen LogP contribution in [0.5, 0.6) is 0 Å². The second-order valence-electron chi connectivity index (χ2n) is 7.51. The number of ether oxygens (including phenoxy) is 1. The molecule has 1 saturated carbocycles. The molecule has 1 aliphatic heterocycles. The Kier molecular flexibility index (Phi) is 10.5. The van der Waals surface area contributed by atoms with E-state index in [1.165, 1.54) is 37.0 Å². The molecule has 2 heterocycles. The highest BCUT2D eigenvalue weighted by atomic mass is 127. The number of aromatic nitrogens is 1. The third kappa shape index (κ3) is 6.53. The normalized spacial score (nSPS) is 20.4. The van der Waals surface area contributed by atoms with Crippen LogP contribution in [0.15, 0.2) is 11.2 Å². The van der Waals surface area contributed by atoms with Gasteiger partial charge in [0.05, 0.1) is 19.8 Å². The fourth-order valence-corrected chi connectivity index (χ4v) is 4.96. The van der Waals surface area contributed by atoms with Crippen molar-refractivity contribution in [2.75, 3.05) is 39.4 Å². The van der Waals surface area contributed by atoms with Gasteiger partial charge < -0.3 is 15.4 Å². The number of hydrogen-bond acceptors (Lipinski definition) is 5. The zero-order valence-corrected chi connectivity index (χ0v) is 20.5.